The van der Waals surface area contributed by atoms with Gasteiger partial charge >= 0.3 is 0 Å². The minimum absolute atomic E-state index is 0.341. The second-order valence-corrected chi connectivity index (χ2v) is 7.32. The zero-order valence-electron chi connectivity index (χ0n) is 13.2. The van der Waals surface area contributed by atoms with E-state index in [9.17, 15) is 13.2 Å². The van der Waals surface area contributed by atoms with Crippen LogP contribution in [0.25, 0.3) is 0 Å². The van der Waals surface area contributed by atoms with Crippen molar-refractivity contribution < 1.29 is 17.9 Å². The highest BCUT2D eigenvalue weighted by Crippen LogP contribution is 2.27. The molecule has 0 unspecified atom stereocenters. The number of carbonyl (C=O) groups is 1. The van der Waals surface area contributed by atoms with Crippen molar-refractivity contribution in [3.8, 4) is 5.75 Å². The van der Waals surface area contributed by atoms with E-state index in [4.69, 9.17) is 16.3 Å². The van der Waals surface area contributed by atoms with E-state index in [0.29, 0.717) is 22.1 Å². The molecule has 1 amide bonds. The number of benzene rings is 2. The van der Waals surface area contributed by atoms with E-state index in [1.807, 2.05) is 0 Å². The first-order valence-corrected chi connectivity index (χ1v) is 9.20. The Labute approximate surface area is 146 Å². The zero-order valence-corrected chi connectivity index (χ0v) is 14.8. The van der Waals surface area contributed by atoms with Gasteiger partial charge in [-0.05, 0) is 30.3 Å². The lowest BCUT2D eigenvalue weighted by Gasteiger charge is -2.21. The molecule has 8 heteroatoms. The first-order chi connectivity index (χ1) is 11.3. The molecule has 24 heavy (non-hydrogen) atoms. The zero-order chi connectivity index (χ0) is 17.7. The Bertz CT molecular complexity index is 825. The summed E-state index contributed by atoms with van der Waals surface area (Å²) in [7, 11) is -2.11. The van der Waals surface area contributed by atoms with Crippen LogP contribution in [0.15, 0.2) is 48.5 Å². The van der Waals surface area contributed by atoms with E-state index in [-0.39, 0.29) is 6.54 Å². The van der Waals surface area contributed by atoms with Crippen LogP contribution in [0.4, 0.5) is 11.4 Å². The van der Waals surface area contributed by atoms with Crippen molar-refractivity contribution in [2.45, 2.75) is 0 Å². The number of sulfonamides is 1. The molecule has 0 aliphatic carbocycles. The molecule has 0 radical (unpaired) electrons. The number of rotatable bonds is 6. The van der Waals surface area contributed by atoms with Crippen molar-refractivity contribution in [2.75, 3.05) is 29.5 Å². The maximum absolute atomic E-state index is 12.2. The molecule has 0 fully saturated rings. The summed E-state index contributed by atoms with van der Waals surface area (Å²) in [5.74, 6) is 0.00206. The Morgan fingerprint density at radius 2 is 1.88 bits per heavy atom. The Morgan fingerprint density at radius 1 is 1.21 bits per heavy atom. The van der Waals surface area contributed by atoms with Crippen LogP contribution < -0.4 is 14.4 Å². The molecule has 2 rings (SSSR count). The van der Waals surface area contributed by atoms with Crippen molar-refractivity contribution in [1.29, 1.82) is 0 Å². The summed E-state index contributed by atoms with van der Waals surface area (Å²) in [6, 6.07) is 13.2. The van der Waals surface area contributed by atoms with Gasteiger partial charge in [0, 0.05) is 5.69 Å². The van der Waals surface area contributed by atoms with E-state index in [1.54, 1.807) is 42.5 Å². The maximum atomic E-state index is 12.2. The minimum Gasteiger partial charge on any atom is -0.495 e. The largest absolute Gasteiger partial charge is 0.495 e. The van der Waals surface area contributed by atoms with Gasteiger partial charge in [0.05, 0.1) is 24.1 Å². The summed E-state index contributed by atoms with van der Waals surface area (Å²) in [4.78, 5) is 12.2. The van der Waals surface area contributed by atoms with Gasteiger partial charge in [-0.2, -0.15) is 0 Å². The Morgan fingerprint density at radius 3 is 2.42 bits per heavy atom. The average molecular weight is 369 g/mol. The van der Waals surface area contributed by atoms with Gasteiger partial charge in [0.1, 0.15) is 12.3 Å². The van der Waals surface area contributed by atoms with E-state index < -0.39 is 15.9 Å². The number of methoxy groups -OCH3 is 1. The van der Waals surface area contributed by atoms with E-state index in [2.05, 4.69) is 5.32 Å². The third kappa shape index (κ3) is 4.62. The number of nitrogens with zero attached hydrogens (tertiary/aromatic N) is 1. The summed E-state index contributed by atoms with van der Waals surface area (Å²) >= 11 is 6.00. The van der Waals surface area contributed by atoms with Gasteiger partial charge in [0.15, 0.2) is 0 Å². The van der Waals surface area contributed by atoms with Crippen molar-refractivity contribution in [3.63, 3.8) is 0 Å². The molecule has 0 saturated heterocycles. The summed E-state index contributed by atoms with van der Waals surface area (Å²) in [5.41, 5.74) is 0.871. The highest BCUT2D eigenvalue weighted by Gasteiger charge is 2.20. The SMILES string of the molecule is COc1ccc(NC(=O)CN(c2ccccc2)S(C)(=O)=O)cc1Cl. The van der Waals surface area contributed by atoms with Crippen molar-refractivity contribution >= 4 is 38.9 Å². The normalized spacial score (nSPS) is 11.0. The molecule has 128 valence electrons. The molecule has 1 N–H and O–H groups in total. The Hall–Kier alpha value is -2.25. The van der Waals surface area contributed by atoms with E-state index in [1.165, 1.54) is 13.2 Å². The Kier molecular flexibility index (Phi) is 5.69. The highest BCUT2D eigenvalue weighted by atomic mass is 35.5. The van der Waals surface area contributed by atoms with Gasteiger partial charge in [-0.15, -0.1) is 0 Å². The fourth-order valence-electron chi connectivity index (χ4n) is 2.07. The molecule has 2 aromatic carbocycles. The Balaban J connectivity index is 2.15. The topological polar surface area (TPSA) is 75.7 Å². The van der Waals surface area contributed by atoms with Gasteiger partial charge in [-0.3, -0.25) is 9.10 Å². The summed E-state index contributed by atoms with van der Waals surface area (Å²) in [6.45, 7) is -0.341. The van der Waals surface area contributed by atoms with Crippen LogP contribution in [0.5, 0.6) is 5.75 Å². The molecule has 0 spiro atoms. The standard InChI is InChI=1S/C16H17ClN2O4S/c1-23-15-9-8-12(10-14(15)17)18-16(20)11-19(24(2,21)22)13-6-4-3-5-7-13/h3-10H,11H2,1-2H3,(H,18,20). The molecule has 0 aromatic heterocycles. The first kappa shape index (κ1) is 18.1. The van der Waals surface area contributed by atoms with Gasteiger partial charge in [0.2, 0.25) is 15.9 Å². The lowest BCUT2D eigenvalue weighted by atomic mass is 10.3. The van der Waals surface area contributed by atoms with Crippen LogP contribution in [0.1, 0.15) is 0 Å². The predicted molar refractivity (Wildman–Crippen MR) is 95.3 cm³/mol. The number of ether oxygens (including phenoxy) is 1. The van der Waals surface area contributed by atoms with E-state index in [0.717, 1.165) is 10.6 Å². The molecule has 0 saturated carbocycles. The lowest BCUT2D eigenvalue weighted by Crippen LogP contribution is -2.37. The average Bonchev–Trinajstić information content (AvgIpc) is 2.52. The maximum Gasteiger partial charge on any atom is 0.245 e. The molecule has 0 aliphatic rings. The third-order valence-electron chi connectivity index (χ3n) is 3.17. The number of para-hydroxylation sites is 1. The minimum atomic E-state index is -3.60. The molecule has 6 nitrogen and oxygen atoms in total. The van der Waals surface area contributed by atoms with Crippen LogP contribution >= 0.6 is 11.6 Å². The number of halogens is 1. The summed E-state index contributed by atoms with van der Waals surface area (Å²) in [5, 5.41) is 2.97. The summed E-state index contributed by atoms with van der Waals surface area (Å²) in [6.07, 6.45) is 1.05. The molecular weight excluding hydrogens is 352 g/mol. The van der Waals surface area contributed by atoms with Crippen molar-refractivity contribution in [2.24, 2.45) is 0 Å². The fraction of sp³-hybridized carbons (Fsp3) is 0.188. The monoisotopic (exact) mass is 368 g/mol. The number of carbonyl (C=O) groups excluding carboxylic acids is 1. The third-order valence-corrected chi connectivity index (χ3v) is 4.60. The van der Waals surface area contributed by atoms with Crippen LogP contribution in [0.3, 0.4) is 0 Å². The number of anilines is 2. The molecule has 0 bridgehead atoms. The van der Waals surface area contributed by atoms with Crippen molar-refractivity contribution in [3.05, 3.63) is 53.6 Å². The molecule has 0 aliphatic heterocycles. The van der Waals surface area contributed by atoms with Crippen LogP contribution in [-0.4, -0.2) is 34.2 Å². The van der Waals surface area contributed by atoms with E-state index >= 15 is 0 Å². The number of nitrogens with one attached hydrogen (secondary N) is 1. The van der Waals surface area contributed by atoms with Gasteiger partial charge in [-0.25, -0.2) is 8.42 Å². The molecule has 0 atom stereocenters. The smallest absolute Gasteiger partial charge is 0.245 e. The van der Waals surface area contributed by atoms with Crippen LogP contribution in [0.2, 0.25) is 5.02 Å². The number of hydrogen-bond acceptors (Lipinski definition) is 4. The second-order valence-electron chi connectivity index (χ2n) is 5.00. The lowest BCUT2D eigenvalue weighted by molar-refractivity contribution is -0.114. The van der Waals surface area contributed by atoms with Crippen molar-refractivity contribution in [1.82, 2.24) is 0 Å². The predicted octanol–water partition coefficient (Wildman–Crippen LogP) is 2.75. The molecular formula is C16H17ClN2O4S. The van der Waals surface area contributed by atoms with Gasteiger partial charge in [0.25, 0.3) is 0 Å². The van der Waals surface area contributed by atoms with Crippen LogP contribution in [0, 0.1) is 0 Å². The molecule has 2 aromatic rings. The highest BCUT2D eigenvalue weighted by molar-refractivity contribution is 7.92. The number of hydrogen-bond donors (Lipinski definition) is 1. The molecule has 0 heterocycles. The fourth-order valence-corrected chi connectivity index (χ4v) is 3.18. The first-order valence-electron chi connectivity index (χ1n) is 6.97. The van der Waals surface area contributed by atoms with Crippen LogP contribution in [-0.2, 0) is 14.8 Å². The quantitative estimate of drug-likeness (QED) is 0.850. The van der Waals surface area contributed by atoms with Gasteiger partial charge < -0.3 is 10.1 Å². The van der Waals surface area contributed by atoms with Gasteiger partial charge in [-0.1, -0.05) is 29.8 Å². The summed E-state index contributed by atoms with van der Waals surface area (Å²) < 4.78 is 30.0. The number of amides is 1. The second kappa shape index (κ2) is 7.55.